The summed E-state index contributed by atoms with van der Waals surface area (Å²) in [5.41, 5.74) is 0.915. The lowest BCUT2D eigenvalue weighted by Gasteiger charge is -2.06. The van der Waals surface area contributed by atoms with Gasteiger partial charge in [-0.15, -0.1) is 0 Å². The third-order valence-corrected chi connectivity index (χ3v) is 2.82. The summed E-state index contributed by atoms with van der Waals surface area (Å²) in [6, 6.07) is 9.66. The van der Waals surface area contributed by atoms with Gasteiger partial charge in [0, 0.05) is 17.8 Å². The first-order valence-electron chi connectivity index (χ1n) is 6.42. The van der Waals surface area contributed by atoms with Gasteiger partial charge in [-0.25, -0.2) is 9.78 Å². The Balaban J connectivity index is 2.14. The van der Waals surface area contributed by atoms with Gasteiger partial charge in [0.1, 0.15) is 0 Å². The normalized spacial score (nSPS) is 10.4. The van der Waals surface area contributed by atoms with E-state index in [1.807, 2.05) is 0 Å². The van der Waals surface area contributed by atoms with Crippen LogP contribution in [0.15, 0.2) is 48.7 Å². The Morgan fingerprint density at radius 2 is 2.00 bits per heavy atom. The van der Waals surface area contributed by atoms with Gasteiger partial charge >= 0.3 is 5.97 Å². The summed E-state index contributed by atoms with van der Waals surface area (Å²) in [5, 5.41) is 11.6. The second-order valence-electron chi connectivity index (χ2n) is 4.28. The maximum absolute atomic E-state index is 11.9. The number of benzene rings is 1. The van der Waals surface area contributed by atoms with Crippen LogP contribution in [0.1, 0.15) is 15.9 Å². The van der Waals surface area contributed by atoms with Crippen LogP contribution in [-0.4, -0.2) is 29.1 Å². The molecule has 6 heteroatoms. The Morgan fingerprint density at radius 3 is 2.73 bits per heavy atom. The molecular weight excluding hydrogens is 284 g/mol. The molecule has 0 saturated carbocycles. The molecule has 0 aliphatic rings. The standard InChI is InChI=1S/C16H14N2O4/c1-22-15-11(5-4-10-17-15)8-9-14(19)18-13-7-3-2-6-12(13)16(20)21/h2-10H,1H3,(H,18,19)(H,20,21)/b9-8+. The minimum Gasteiger partial charge on any atom is -0.481 e. The molecule has 1 amide bonds. The number of hydrogen-bond acceptors (Lipinski definition) is 4. The molecule has 1 aromatic heterocycles. The number of methoxy groups -OCH3 is 1. The largest absolute Gasteiger partial charge is 0.481 e. The third kappa shape index (κ3) is 3.69. The van der Waals surface area contributed by atoms with Gasteiger partial charge in [-0.1, -0.05) is 12.1 Å². The third-order valence-electron chi connectivity index (χ3n) is 2.82. The molecule has 6 nitrogen and oxygen atoms in total. The van der Waals surface area contributed by atoms with E-state index in [1.165, 1.54) is 25.3 Å². The predicted octanol–water partition coefficient (Wildman–Crippen LogP) is 2.44. The number of ether oxygens (including phenoxy) is 1. The van der Waals surface area contributed by atoms with E-state index in [-0.39, 0.29) is 11.3 Å². The van der Waals surface area contributed by atoms with Crippen LogP contribution in [0.2, 0.25) is 0 Å². The Morgan fingerprint density at radius 1 is 1.23 bits per heavy atom. The fourth-order valence-corrected chi connectivity index (χ4v) is 1.82. The molecule has 0 radical (unpaired) electrons. The molecule has 0 atom stereocenters. The quantitative estimate of drug-likeness (QED) is 0.828. The molecule has 112 valence electrons. The van der Waals surface area contributed by atoms with Crippen molar-refractivity contribution in [3.05, 3.63) is 59.8 Å². The van der Waals surface area contributed by atoms with Gasteiger partial charge < -0.3 is 15.2 Å². The van der Waals surface area contributed by atoms with Gasteiger partial charge in [0.2, 0.25) is 11.8 Å². The number of pyridine rings is 1. The molecule has 1 heterocycles. The number of hydrogen-bond donors (Lipinski definition) is 2. The van der Waals surface area contributed by atoms with E-state index in [0.29, 0.717) is 11.4 Å². The Bertz CT molecular complexity index is 726. The van der Waals surface area contributed by atoms with Crippen LogP contribution in [0, 0.1) is 0 Å². The van der Waals surface area contributed by atoms with Gasteiger partial charge in [0.05, 0.1) is 18.4 Å². The number of aromatic nitrogens is 1. The fourth-order valence-electron chi connectivity index (χ4n) is 1.82. The average molecular weight is 298 g/mol. The van der Waals surface area contributed by atoms with Crippen molar-refractivity contribution in [2.45, 2.75) is 0 Å². The SMILES string of the molecule is COc1ncccc1/C=C/C(=O)Nc1ccccc1C(=O)O. The van der Waals surface area contributed by atoms with Crippen molar-refractivity contribution < 1.29 is 19.4 Å². The smallest absolute Gasteiger partial charge is 0.337 e. The lowest BCUT2D eigenvalue weighted by Crippen LogP contribution is -2.11. The van der Waals surface area contributed by atoms with E-state index in [0.717, 1.165) is 0 Å². The van der Waals surface area contributed by atoms with Crippen LogP contribution < -0.4 is 10.1 Å². The molecule has 2 aromatic rings. The Labute approximate surface area is 127 Å². The average Bonchev–Trinajstić information content (AvgIpc) is 2.53. The maximum atomic E-state index is 11.9. The van der Waals surface area contributed by atoms with Crippen LogP contribution in [0.25, 0.3) is 6.08 Å². The van der Waals surface area contributed by atoms with Crippen molar-refractivity contribution in [1.82, 2.24) is 4.98 Å². The van der Waals surface area contributed by atoms with Crippen LogP contribution in [-0.2, 0) is 4.79 Å². The molecule has 0 bridgehead atoms. The number of carbonyl (C=O) groups excluding carboxylic acids is 1. The summed E-state index contributed by atoms with van der Waals surface area (Å²) in [6.45, 7) is 0. The highest BCUT2D eigenvalue weighted by molar-refractivity contribution is 6.06. The number of carboxylic acids is 1. The summed E-state index contributed by atoms with van der Waals surface area (Å²) >= 11 is 0. The fraction of sp³-hybridized carbons (Fsp3) is 0.0625. The minimum absolute atomic E-state index is 0.0307. The number of aromatic carboxylic acids is 1. The molecular formula is C16H14N2O4. The molecule has 0 fully saturated rings. The highest BCUT2D eigenvalue weighted by Gasteiger charge is 2.10. The lowest BCUT2D eigenvalue weighted by atomic mass is 10.2. The molecule has 22 heavy (non-hydrogen) atoms. The van der Waals surface area contributed by atoms with E-state index in [4.69, 9.17) is 9.84 Å². The van der Waals surface area contributed by atoms with Crippen molar-refractivity contribution in [3.63, 3.8) is 0 Å². The zero-order valence-corrected chi connectivity index (χ0v) is 11.8. The molecule has 0 spiro atoms. The van der Waals surface area contributed by atoms with Crippen molar-refractivity contribution in [2.24, 2.45) is 0 Å². The zero-order chi connectivity index (χ0) is 15.9. The number of anilines is 1. The number of nitrogens with zero attached hydrogens (tertiary/aromatic N) is 1. The second kappa shape index (κ2) is 7.03. The van der Waals surface area contributed by atoms with E-state index < -0.39 is 11.9 Å². The van der Waals surface area contributed by atoms with E-state index >= 15 is 0 Å². The van der Waals surface area contributed by atoms with Gasteiger partial charge in [-0.3, -0.25) is 4.79 Å². The van der Waals surface area contributed by atoms with Gasteiger partial charge in [-0.05, 0) is 30.3 Å². The van der Waals surface area contributed by atoms with Crippen molar-refractivity contribution in [1.29, 1.82) is 0 Å². The molecule has 0 aliphatic heterocycles. The van der Waals surface area contributed by atoms with Crippen LogP contribution in [0.4, 0.5) is 5.69 Å². The van der Waals surface area contributed by atoms with Crippen LogP contribution in [0.5, 0.6) is 5.88 Å². The first kappa shape index (κ1) is 15.2. The van der Waals surface area contributed by atoms with E-state index in [9.17, 15) is 9.59 Å². The second-order valence-corrected chi connectivity index (χ2v) is 4.28. The lowest BCUT2D eigenvalue weighted by molar-refractivity contribution is -0.111. The summed E-state index contributed by atoms with van der Waals surface area (Å²) in [5.74, 6) is -1.15. The van der Waals surface area contributed by atoms with Crippen LogP contribution in [0.3, 0.4) is 0 Å². The highest BCUT2D eigenvalue weighted by Crippen LogP contribution is 2.17. The summed E-state index contributed by atoms with van der Waals surface area (Å²) < 4.78 is 5.07. The first-order chi connectivity index (χ1) is 10.6. The number of carboxylic acid groups (broad SMARTS) is 1. The maximum Gasteiger partial charge on any atom is 0.337 e. The van der Waals surface area contributed by atoms with Crippen molar-refractivity contribution in [3.8, 4) is 5.88 Å². The minimum atomic E-state index is -1.10. The molecule has 0 aliphatic carbocycles. The van der Waals surface area contributed by atoms with Gasteiger partial charge in [0.15, 0.2) is 0 Å². The van der Waals surface area contributed by atoms with E-state index in [1.54, 1.807) is 36.5 Å². The Kier molecular flexibility index (Phi) is 4.87. The summed E-state index contributed by atoms with van der Waals surface area (Å²) in [6.07, 6.45) is 4.42. The van der Waals surface area contributed by atoms with Crippen molar-refractivity contribution >= 4 is 23.6 Å². The predicted molar refractivity (Wildman–Crippen MR) is 81.9 cm³/mol. The van der Waals surface area contributed by atoms with E-state index in [2.05, 4.69) is 10.3 Å². The number of nitrogens with one attached hydrogen (secondary N) is 1. The molecule has 2 N–H and O–H groups in total. The molecule has 1 aromatic carbocycles. The highest BCUT2D eigenvalue weighted by atomic mass is 16.5. The number of amides is 1. The topological polar surface area (TPSA) is 88.5 Å². The first-order valence-corrected chi connectivity index (χ1v) is 6.42. The van der Waals surface area contributed by atoms with Crippen LogP contribution >= 0.6 is 0 Å². The molecule has 0 saturated heterocycles. The molecule has 0 unspecified atom stereocenters. The number of para-hydroxylation sites is 1. The number of rotatable bonds is 5. The number of carbonyl (C=O) groups is 2. The monoisotopic (exact) mass is 298 g/mol. The van der Waals surface area contributed by atoms with Gasteiger partial charge in [-0.2, -0.15) is 0 Å². The summed E-state index contributed by atoms with van der Waals surface area (Å²) in [7, 11) is 1.49. The Hall–Kier alpha value is -3.15. The summed E-state index contributed by atoms with van der Waals surface area (Å²) in [4.78, 5) is 27.0. The molecule has 2 rings (SSSR count). The van der Waals surface area contributed by atoms with Crippen molar-refractivity contribution in [2.75, 3.05) is 12.4 Å². The zero-order valence-electron chi connectivity index (χ0n) is 11.8. The van der Waals surface area contributed by atoms with Gasteiger partial charge in [0.25, 0.3) is 0 Å².